The van der Waals surface area contributed by atoms with Crippen molar-refractivity contribution in [3.63, 3.8) is 0 Å². The summed E-state index contributed by atoms with van der Waals surface area (Å²) in [4.78, 5) is 14.5. The number of likely N-dealkylation sites (tertiary alicyclic amines) is 1. The third-order valence-electron chi connectivity index (χ3n) is 4.38. The van der Waals surface area contributed by atoms with Gasteiger partial charge in [0.1, 0.15) is 5.75 Å². The monoisotopic (exact) mass is 319 g/mol. The molecule has 3 N–H and O–H groups in total. The van der Waals surface area contributed by atoms with E-state index in [9.17, 15) is 4.79 Å². The molecular formula is C18H29N3O2. The zero-order valence-corrected chi connectivity index (χ0v) is 14.3. The van der Waals surface area contributed by atoms with Crippen LogP contribution in [0.3, 0.4) is 0 Å². The van der Waals surface area contributed by atoms with Crippen molar-refractivity contribution in [1.29, 1.82) is 0 Å². The first-order valence-electron chi connectivity index (χ1n) is 8.50. The van der Waals surface area contributed by atoms with Crippen molar-refractivity contribution in [2.24, 2.45) is 5.73 Å². The minimum Gasteiger partial charge on any atom is -0.497 e. The van der Waals surface area contributed by atoms with Crippen LogP contribution >= 0.6 is 0 Å². The Labute approximate surface area is 139 Å². The van der Waals surface area contributed by atoms with Gasteiger partial charge in [-0.25, -0.2) is 0 Å². The number of carbonyl (C=O) groups is 1. The highest BCUT2D eigenvalue weighted by Crippen LogP contribution is 2.27. The zero-order valence-electron chi connectivity index (χ0n) is 14.3. The first-order chi connectivity index (χ1) is 11.1. The second-order valence-electron chi connectivity index (χ2n) is 6.36. The lowest BCUT2D eigenvalue weighted by Gasteiger charge is -2.28. The summed E-state index contributed by atoms with van der Waals surface area (Å²) < 4.78 is 5.34. The van der Waals surface area contributed by atoms with Gasteiger partial charge in [0, 0.05) is 19.0 Å². The molecule has 1 heterocycles. The number of methoxy groups -OCH3 is 1. The van der Waals surface area contributed by atoms with E-state index in [0.717, 1.165) is 25.3 Å². The van der Waals surface area contributed by atoms with Gasteiger partial charge in [-0.3, -0.25) is 9.69 Å². The Bertz CT molecular complexity index is 499. The summed E-state index contributed by atoms with van der Waals surface area (Å²) in [5, 5.41) is 3.07. The van der Waals surface area contributed by atoms with E-state index in [4.69, 9.17) is 10.5 Å². The highest BCUT2D eigenvalue weighted by Gasteiger charge is 2.24. The SMILES string of the molecule is COc1cccc(C(CNC(=O)CCC(C)N)N2CCCC2)c1. The van der Waals surface area contributed by atoms with Gasteiger partial charge in [0.05, 0.1) is 13.2 Å². The van der Waals surface area contributed by atoms with Crippen LogP contribution < -0.4 is 15.8 Å². The van der Waals surface area contributed by atoms with Crippen molar-refractivity contribution in [2.45, 2.75) is 44.7 Å². The summed E-state index contributed by atoms with van der Waals surface area (Å²) in [6, 6.07) is 8.40. The molecule has 1 fully saturated rings. The molecule has 1 amide bonds. The molecule has 0 bridgehead atoms. The molecule has 1 saturated heterocycles. The van der Waals surface area contributed by atoms with Crippen molar-refractivity contribution < 1.29 is 9.53 Å². The van der Waals surface area contributed by atoms with Gasteiger partial charge in [0.25, 0.3) is 0 Å². The van der Waals surface area contributed by atoms with Crippen LogP contribution in [-0.2, 0) is 4.79 Å². The Morgan fingerprint density at radius 2 is 2.13 bits per heavy atom. The Hall–Kier alpha value is -1.59. The van der Waals surface area contributed by atoms with Crippen molar-refractivity contribution in [3.8, 4) is 5.75 Å². The minimum absolute atomic E-state index is 0.0634. The van der Waals surface area contributed by atoms with E-state index in [0.29, 0.717) is 13.0 Å². The normalized spacial score (nSPS) is 17.7. The van der Waals surface area contributed by atoms with Gasteiger partial charge in [0.15, 0.2) is 0 Å². The number of nitrogens with one attached hydrogen (secondary N) is 1. The van der Waals surface area contributed by atoms with Gasteiger partial charge in [-0.1, -0.05) is 12.1 Å². The van der Waals surface area contributed by atoms with Crippen LogP contribution in [0, 0.1) is 0 Å². The van der Waals surface area contributed by atoms with Gasteiger partial charge >= 0.3 is 0 Å². The Morgan fingerprint density at radius 3 is 2.78 bits per heavy atom. The van der Waals surface area contributed by atoms with Gasteiger partial charge in [-0.2, -0.15) is 0 Å². The lowest BCUT2D eigenvalue weighted by Crippen LogP contribution is -2.37. The van der Waals surface area contributed by atoms with Crippen LogP contribution in [0.1, 0.15) is 44.2 Å². The number of hydrogen-bond donors (Lipinski definition) is 2. The molecule has 2 rings (SSSR count). The molecule has 0 saturated carbocycles. The summed E-state index contributed by atoms with van der Waals surface area (Å²) in [5.74, 6) is 0.935. The molecule has 23 heavy (non-hydrogen) atoms. The molecule has 1 aromatic carbocycles. The van der Waals surface area contributed by atoms with Crippen molar-refractivity contribution in [3.05, 3.63) is 29.8 Å². The maximum absolute atomic E-state index is 12.0. The Kier molecular flexibility index (Phi) is 6.86. The number of carbonyl (C=O) groups excluding carboxylic acids is 1. The molecule has 1 aliphatic heterocycles. The molecule has 2 unspecified atom stereocenters. The minimum atomic E-state index is 0.0634. The van der Waals surface area contributed by atoms with Crippen molar-refractivity contribution in [2.75, 3.05) is 26.7 Å². The van der Waals surface area contributed by atoms with Crippen LogP contribution in [0.2, 0.25) is 0 Å². The second kappa shape index (κ2) is 8.89. The predicted molar refractivity (Wildman–Crippen MR) is 92.4 cm³/mol. The molecule has 0 aliphatic carbocycles. The summed E-state index contributed by atoms with van der Waals surface area (Å²) >= 11 is 0. The highest BCUT2D eigenvalue weighted by molar-refractivity contribution is 5.75. The van der Waals surface area contributed by atoms with E-state index in [1.54, 1.807) is 7.11 Å². The van der Waals surface area contributed by atoms with Crippen molar-refractivity contribution in [1.82, 2.24) is 10.2 Å². The first-order valence-corrected chi connectivity index (χ1v) is 8.50. The van der Waals surface area contributed by atoms with Gasteiger partial charge in [-0.05, 0) is 57.0 Å². The smallest absolute Gasteiger partial charge is 0.220 e. The Balaban J connectivity index is 2.01. The fourth-order valence-electron chi connectivity index (χ4n) is 3.02. The lowest BCUT2D eigenvalue weighted by atomic mass is 10.0. The van der Waals surface area contributed by atoms with E-state index in [-0.39, 0.29) is 18.0 Å². The summed E-state index contributed by atoms with van der Waals surface area (Å²) in [7, 11) is 1.68. The number of benzene rings is 1. The average molecular weight is 319 g/mol. The van der Waals surface area contributed by atoms with Crippen LogP contribution in [-0.4, -0.2) is 43.6 Å². The van der Waals surface area contributed by atoms with Gasteiger partial charge in [-0.15, -0.1) is 0 Å². The number of nitrogens with two attached hydrogens (primary N) is 1. The molecule has 5 heteroatoms. The maximum Gasteiger partial charge on any atom is 0.220 e. The highest BCUT2D eigenvalue weighted by atomic mass is 16.5. The molecule has 0 aromatic heterocycles. The van der Waals surface area contributed by atoms with E-state index >= 15 is 0 Å². The molecular weight excluding hydrogens is 290 g/mol. The third-order valence-corrected chi connectivity index (χ3v) is 4.38. The topological polar surface area (TPSA) is 67.6 Å². The lowest BCUT2D eigenvalue weighted by molar-refractivity contribution is -0.121. The number of amides is 1. The standard InChI is InChI=1S/C18H29N3O2/c1-14(19)8-9-18(22)20-13-17(21-10-3-4-11-21)15-6-5-7-16(12-15)23-2/h5-7,12,14,17H,3-4,8-11,13,19H2,1-2H3,(H,20,22). The molecule has 5 nitrogen and oxygen atoms in total. The number of hydrogen-bond acceptors (Lipinski definition) is 4. The third kappa shape index (κ3) is 5.52. The maximum atomic E-state index is 12.0. The van der Waals surface area contributed by atoms with Crippen LogP contribution in [0.25, 0.3) is 0 Å². The van der Waals surface area contributed by atoms with Gasteiger partial charge in [0.2, 0.25) is 5.91 Å². The van der Waals surface area contributed by atoms with Crippen LogP contribution in [0.15, 0.2) is 24.3 Å². The van der Waals surface area contributed by atoms with Crippen LogP contribution in [0.5, 0.6) is 5.75 Å². The fourth-order valence-corrected chi connectivity index (χ4v) is 3.02. The van der Waals surface area contributed by atoms with Gasteiger partial charge < -0.3 is 15.8 Å². The average Bonchev–Trinajstić information content (AvgIpc) is 3.07. The quantitative estimate of drug-likeness (QED) is 0.770. The van der Waals surface area contributed by atoms with E-state index in [1.807, 2.05) is 19.1 Å². The van der Waals surface area contributed by atoms with E-state index in [2.05, 4.69) is 22.3 Å². The summed E-state index contributed by atoms with van der Waals surface area (Å²) in [6.45, 7) is 4.72. The zero-order chi connectivity index (χ0) is 16.7. The largest absolute Gasteiger partial charge is 0.497 e. The second-order valence-corrected chi connectivity index (χ2v) is 6.36. The number of rotatable bonds is 8. The predicted octanol–water partition coefficient (Wildman–Crippen LogP) is 2.08. The fraction of sp³-hybridized carbons (Fsp3) is 0.611. The summed E-state index contributed by atoms with van der Waals surface area (Å²) in [5.41, 5.74) is 6.91. The molecule has 2 atom stereocenters. The number of ether oxygens (including phenoxy) is 1. The Morgan fingerprint density at radius 1 is 1.39 bits per heavy atom. The molecule has 128 valence electrons. The molecule has 0 spiro atoms. The summed E-state index contributed by atoms with van der Waals surface area (Å²) in [6.07, 6.45) is 3.65. The molecule has 1 aliphatic rings. The number of nitrogens with zero attached hydrogens (tertiary/aromatic N) is 1. The van der Waals surface area contributed by atoms with Crippen LogP contribution in [0.4, 0.5) is 0 Å². The van der Waals surface area contributed by atoms with E-state index < -0.39 is 0 Å². The van der Waals surface area contributed by atoms with E-state index in [1.165, 1.54) is 18.4 Å². The van der Waals surface area contributed by atoms with Crippen molar-refractivity contribution >= 4 is 5.91 Å². The molecule has 0 radical (unpaired) electrons. The molecule has 1 aromatic rings. The first kappa shape index (κ1) is 17.8.